The number of phenols is 1. The quantitative estimate of drug-likeness (QED) is 0.437. The molecular weight excluding hydrogens is 510 g/mol. The molecule has 3 rings (SSSR count). The molecule has 154 valence electrons. The lowest BCUT2D eigenvalue weighted by atomic mass is 10.2. The van der Waals surface area contributed by atoms with Gasteiger partial charge in [-0.2, -0.15) is 10.1 Å². The van der Waals surface area contributed by atoms with E-state index in [4.69, 9.17) is 9.47 Å². The minimum Gasteiger partial charge on any atom is -0.506 e. The van der Waals surface area contributed by atoms with E-state index >= 15 is 0 Å². The van der Waals surface area contributed by atoms with Crippen LogP contribution in [0.25, 0.3) is 0 Å². The van der Waals surface area contributed by atoms with Crippen molar-refractivity contribution >= 4 is 49.9 Å². The van der Waals surface area contributed by atoms with Crippen LogP contribution in [0.3, 0.4) is 0 Å². The van der Waals surface area contributed by atoms with Crippen molar-refractivity contribution in [2.45, 2.75) is 6.92 Å². The second kappa shape index (κ2) is 9.99. The molecule has 9 nitrogen and oxygen atoms in total. The average molecular weight is 529 g/mol. The number of aromatic nitrogens is 2. The number of nitrogens with zero attached hydrogens (tertiary/aromatic N) is 4. The molecule has 2 N–H and O–H groups in total. The predicted molar refractivity (Wildman–Crippen MR) is 115 cm³/mol. The fraction of sp³-hybridized carbons (Fsp3) is 0.333. The predicted octanol–water partition coefficient (Wildman–Crippen LogP) is 2.38. The van der Waals surface area contributed by atoms with E-state index in [1.165, 1.54) is 6.21 Å². The third-order valence-electron chi connectivity index (χ3n) is 3.91. The molecule has 2 aromatic rings. The molecule has 1 amide bonds. The second-order valence-electron chi connectivity index (χ2n) is 6.15. The molecule has 1 fully saturated rings. The lowest BCUT2D eigenvalue weighted by Gasteiger charge is -2.27. The first kappa shape index (κ1) is 21.5. The molecule has 0 unspecified atom stereocenters. The summed E-state index contributed by atoms with van der Waals surface area (Å²) in [5, 5.41) is 13.8. The monoisotopic (exact) mass is 527 g/mol. The van der Waals surface area contributed by atoms with Gasteiger partial charge in [-0.1, -0.05) is 15.9 Å². The zero-order valence-corrected chi connectivity index (χ0v) is 18.7. The Morgan fingerprint density at radius 1 is 1.34 bits per heavy atom. The summed E-state index contributed by atoms with van der Waals surface area (Å²) in [6.45, 7) is 4.24. The Balaban J connectivity index is 1.56. The van der Waals surface area contributed by atoms with Crippen LogP contribution >= 0.6 is 31.9 Å². The Labute approximate surface area is 184 Å². The molecule has 11 heteroatoms. The summed E-state index contributed by atoms with van der Waals surface area (Å²) in [7, 11) is 0. The van der Waals surface area contributed by atoms with E-state index in [1.807, 2.05) is 11.8 Å². The van der Waals surface area contributed by atoms with Gasteiger partial charge in [0.15, 0.2) is 6.61 Å². The van der Waals surface area contributed by atoms with Gasteiger partial charge in [0.1, 0.15) is 5.75 Å². The number of aryl methyl sites for hydroxylation is 1. The molecule has 0 saturated carbocycles. The highest BCUT2D eigenvalue weighted by Gasteiger charge is 2.15. The number of amides is 1. The van der Waals surface area contributed by atoms with Crippen LogP contribution in [0, 0.1) is 6.92 Å². The Hall–Kier alpha value is -2.24. The first-order chi connectivity index (χ1) is 13.9. The lowest BCUT2D eigenvalue weighted by Crippen LogP contribution is -2.37. The average Bonchev–Trinajstić information content (AvgIpc) is 2.70. The molecule has 0 spiro atoms. The highest BCUT2D eigenvalue weighted by atomic mass is 79.9. The van der Waals surface area contributed by atoms with Crippen molar-refractivity contribution in [3.63, 3.8) is 0 Å². The topological polar surface area (TPSA) is 109 Å². The van der Waals surface area contributed by atoms with Crippen molar-refractivity contribution < 1.29 is 19.4 Å². The number of ether oxygens (including phenoxy) is 2. The van der Waals surface area contributed by atoms with Crippen LogP contribution in [0.5, 0.6) is 11.6 Å². The van der Waals surface area contributed by atoms with Gasteiger partial charge in [0.25, 0.3) is 5.91 Å². The van der Waals surface area contributed by atoms with Gasteiger partial charge in [0, 0.05) is 34.9 Å². The maximum atomic E-state index is 12.0. The van der Waals surface area contributed by atoms with Gasteiger partial charge in [-0.15, -0.1) is 0 Å². The van der Waals surface area contributed by atoms with E-state index in [9.17, 15) is 9.90 Å². The van der Waals surface area contributed by atoms with Crippen molar-refractivity contribution in [1.29, 1.82) is 0 Å². The molecule has 29 heavy (non-hydrogen) atoms. The summed E-state index contributed by atoms with van der Waals surface area (Å²) in [5.74, 6) is 0.428. The first-order valence-electron chi connectivity index (χ1n) is 8.73. The zero-order valence-electron chi connectivity index (χ0n) is 15.6. The fourth-order valence-electron chi connectivity index (χ4n) is 2.53. The van der Waals surface area contributed by atoms with Crippen LogP contribution in [0.4, 0.5) is 5.95 Å². The lowest BCUT2D eigenvalue weighted by molar-refractivity contribution is -0.123. The van der Waals surface area contributed by atoms with Crippen molar-refractivity contribution in [3.8, 4) is 11.6 Å². The number of nitrogens with one attached hydrogen (secondary N) is 1. The Morgan fingerprint density at radius 3 is 2.86 bits per heavy atom. The van der Waals surface area contributed by atoms with Crippen molar-refractivity contribution in [2.75, 3.05) is 37.8 Å². The number of morpholine rings is 1. The SMILES string of the molecule is Cc1cc(OCC(=O)NN=Cc2cc(Br)cc(Br)c2O)nc(N2CCOCC2)n1. The molecule has 0 atom stereocenters. The van der Waals surface area contributed by atoms with Crippen molar-refractivity contribution in [1.82, 2.24) is 15.4 Å². The number of halogens is 2. The molecule has 1 aromatic heterocycles. The van der Waals surface area contributed by atoms with E-state index in [1.54, 1.807) is 18.2 Å². The standard InChI is InChI=1S/C18H19Br2N5O4/c1-11-6-16(23-18(22-11)25-2-4-28-5-3-25)29-10-15(26)24-21-9-12-7-13(19)8-14(20)17(12)27/h6-9,27H,2-5,10H2,1H3,(H,24,26). The largest absolute Gasteiger partial charge is 0.506 e. The molecule has 0 radical (unpaired) electrons. The van der Waals surface area contributed by atoms with E-state index < -0.39 is 5.91 Å². The number of aromatic hydroxyl groups is 1. The Bertz CT molecular complexity index is 919. The van der Waals surface area contributed by atoms with Gasteiger partial charge < -0.3 is 19.5 Å². The van der Waals surface area contributed by atoms with Gasteiger partial charge in [0.05, 0.1) is 23.9 Å². The zero-order chi connectivity index (χ0) is 20.8. The molecule has 1 aromatic carbocycles. The molecule has 2 heterocycles. The number of benzene rings is 1. The molecule has 1 aliphatic rings. The van der Waals surface area contributed by atoms with E-state index in [2.05, 4.69) is 52.4 Å². The number of hydrazone groups is 1. The molecule has 1 aliphatic heterocycles. The molecular formula is C18H19Br2N5O4. The number of anilines is 1. The normalized spacial score (nSPS) is 14.2. The van der Waals surface area contributed by atoms with Crippen LogP contribution in [0.2, 0.25) is 0 Å². The maximum absolute atomic E-state index is 12.0. The highest BCUT2D eigenvalue weighted by Crippen LogP contribution is 2.30. The third kappa shape index (κ3) is 6.12. The van der Waals surface area contributed by atoms with Gasteiger partial charge in [-0.25, -0.2) is 10.4 Å². The van der Waals surface area contributed by atoms with Gasteiger partial charge >= 0.3 is 0 Å². The summed E-state index contributed by atoms with van der Waals surface area (Å²) in [6, 6.07) is 5.04. The van der Waals surface area contributed by atoms with Gasteiger partial charge in [-0.3, -0.25) is 4.79 Å². The van der Waals surface area contributed by atoms with E-state index in [-0.39, 0.29) is 12.4 Å². The van der Waals surface area contributed by atoms with Crippen LogP contribution < -0.4 is 15.1 Å². The van der Waals surface area contributed by atoms with Crippen molar-refractivity contribution in [3.05, 3.63) is 38.4 Å². The number of carbonyl (C=O) groups is 1. The van der Waals surface area contributed by atoms with Gasteiger partial charge in [-0.05, 0) is 35.0 Å². The van der Waals surface area contributed by atoms with Crippen molar-refractivity contribution in [2.24, 2.45) is 5.10 Å². The Kier molecular flexibility index (Phi) is 7.40. The van der Waals surface area contributed by atoms with E-state index in [0.717, 1.165) is 10.2 Å². The van der Waals surface area contributed by atoms with Gasteiger partial charge in [0.2, 0.25) is 11.8 Å². The highest BCUT2D eigenvalue weighted by molar-refractivity contribution is 9.11. The summed E-state index contributed by atoms with van der Waals surface area (Å²) in [5.41, 5.74) is 3.53. The number of hydrogen-bond donors (Lipinski definition) is 2. The van der Waals surface area contributed by atoms with E-state index in [0.29, 0.717) is 48.2 Å². The number of rotatable bonds is 6. The summed E-state index contributed by atoms with van der Waals surface area (Å²) >= 11 is 6.56. The Morgan fingerprint density at radius 2 is 2.10 bits per heavy atom. The number of hydrogen-bond acceptors (Lipinski definition) is 8. The summed E-state index contributed by atoms with van der Waals surface area (Å²) in [4.78, 5) is 22.8. The fourth-order valence-corrected chi connectivity index (χ4v) is 3.79. The maximum Gasteiger partial charge on any atom is 0.278 e. The summed E-state index contributed by atoms with van der Waals surface area (Å²) < 4.78 is 12.1. The molecule has 1 saturated heterocycles. The second-order valence-corrected chi connectivity index (χ2v) is 7.92. The molecule has 0 aliphatic carbocycles. The third-order valence-corrected chi connectivity index (χ3v) is 4.98. The number of phenolic OH excluding ortho intramolecular Hbond substituents is 1. The van der Waals surface area contributed by atoms with Crippen LogP contribution in [0.15, 0.2) is 32.2 Å². The van der Waals surface area contributed by atoms with Crippen LogP contribution in [0.1, 0.15) is 11.3 Å². The van der Waals surface area contributed by atoms with Crippen LogP contribution in [-0.2, 0) is 9.53 Å². The smallest absolute Gasteiger partial charge is 0.278 e. The minimum absolute atomic E-state index is 0.0227. The minimum atomic E-state index is -0.459. The van der Waals surface area contributed by atoms with Crippen LogP contribution in [-0.4, -0.2) is 60.1 Å². The summed E-state index contributed by atoms with van der Waals surface area (Å²) in [6.07, 6.45) is 1.34. The number of carbonyl (C=O) groups excluding carboxylic acids is 1. The molecule has 0 bridgehead atoms. The first-order valence-corrected chi connectivity index (χ1v) is 10.3.